The minimum Gasteiger partial charge on any atom is -0.385 e. The van der Waals surface area contributed by atoms with Gasteiger partial charge in [-0.3, -0.25) is 9.59 Å². The van der Waals surface area contributed by atoms with Crippen molar-refractivity contribution in [2.24, 2.45) is 0 Å². The lowest BCUT2D eigenvalue weighted by molar-refractivity contribution is -0.129. The van der Waals surface area contributed by atoms with Crippen molar-refractivity contribution in [1.82, 2.24) is 15.2 Å². The smallest absolute Gasteiger partial charge is 0.270 e. The van der Waals surface area contributed by atoms with Gasteiger partial charge in [-0.2, -0.15) is 0 Å². The first-order chi connectivity index (χ1) is 11.1. The first kappa shape index (κ1) is 19.5. The molecule has 1 rings (SSSR count). The number of nitrogens with zero attached hydrogens (tertiary/aromatic N) is 2. The Balaban J connectivity index is 2.49. The summed E-state index contributed by atoms with van der Waals surface area (Å²) in [5.41, 5.74) is 0.391. The van der Waals surface area contributed by atoms with Gasteiger partial charge in [0.1, 0.15) is 10.7 Å². The lowest BCUT2D eigenvalue weighted by Gasteiger charge is -2.19. The first-order valence-corrected chi connectivity index (χ1v) is 8.42. The summed E-state index contributed by atoms with van der Waals surface area (Å²) in [6.07, 6.45) is 1.53. The molecule has 0 saturated carbocycles. The predicted molar refractivity (Wildman–Crippen MR) is 88.5 cm³/mol. The number of nitrogens with one attached hydrogen (secondary N) is 1. The van der Waals surface area contributed by atoms with Crippen molar-refractivity contribution in [3.63, 3.8) is 0 Å². The summed E-state index contributed by atoms with van der Waals surface area (Å²) in [6, 6.07) is 0. The Labute approximate surface area is 141 Å². The highest BCUT2D eigenvalue weighted by molar-refractivity contribution is 7.09. The molecule has 0 unspecified atom stereocenters. The molecule has 1 aromatic rings. The van der Waals surface area contributed by atoms with Gasteiger partial charge in [0.25, 0.3) is 5.91 Å². The van der Waals surface area contributed by atoms with E-state index in [0.717, 1.165) is 17.8 Å². The molecule has 7 nitrogen and oxygen atoms in total. The van der Waals surface area contributed by atoms with E-state index in [1.165, 1.54) is 18.3 Å². The van der Waals surface area contributed by atoms with Crippen molar-refractivity contribution < 1.29 is 19.1 Å². The van der Waals surface area contributed by atoms with Crippen LogP contribution in [0.5, 0.6) is 0 Å². The summed E-state index contributed by atoms with van der Waals surface area (Å²) in [6.45, 7) is 4.33. The summed E-state index contributed by atoms with van der Waals surface area (Å²) in [5, 5.41) is 5.26. The zero-order valence-corrected chi connectivity index (χ0v) is 14.8. The fourth-order valence-corrected chi connectivity index (χ4v) is 2.70. The molecule has 130 valence electrons. The average molecular weight is 343 g/mol. The van der Waals surface area contributed by atoms with Gasteiger partial charge in [-0.1, -0.05) is 0 Å². The number of thiazole rings is 1. The maximum atomic E-state index is 11.9. The van der Waals surface area contributed by atoms with Crippen molar-refractivity contribution in [1.29, 1.82) is 0 Å². The lowest BCUT2D eigenvalue weighted by atomic mass is 10.3. The van der Waals surface area contributed by atoms with Crippen LogP contribution in [0.4, 0.5) is 0 Å². The third-order valence-electron chi connectivity index (χ3n) is 3.14. The van der Waals surface area contributed by atoms with E-state index >= 15 is 0 Å². The molecule has 0 bridgehead atoms. The molecule has 0 spiro atoms. The van der Waals surface area contributed by atoms with Crippen LogP contribution in [0.3, 0.4) is 0 Å². The Morgan fingerprint density at radius 2 is 1.96 bits per heavy atom. The van der Waals surface area contributed by atoms with Crippen LogP contribution in [0.15, 0.2) is 5.38 Å². The molecule has 0 saturated heterocycles. The number of aromatic nitrogens is 1. The highest BCUT2D eigenvalue weighted by Gasteiger charge is 2.14. The van der Waals surface area contributed by atoms with E-state index in [-0.39, 0.29) is 11.8 Å². The van der Waals surface area contributed by atoms with Gasteiger partial charge in [-0.25, -0.2) is 4.98 Å². The highest BCUT2D eigenvalue weighted by Crippen LogP contribution is 2.13. The molecule has 0 atom stereocenters. The van der Waals surface area contributed by atoms with Crippen molar-refractivity contribution in [2.45, 2.75) is 26.3 Å². The Bertz CT molecular complexity index is 493. The zero-order valence-electron chi connectivity index (χ0n) is 14.0. The standard InChI is InChI=1S/C15H25N3O4S/c1-12(19)18(7-5-9-22-3)10-14-17-13(11-23-14)15(20)16-6-4-8-21-2/h11H,4-10H2,1-3H3,(H,16,20). The van der Waals surface area contributed by atoms with Crippen LogP contribution in [0, 0.1) is 0 Å². The summed E-state index contributed by atoms with van der Waals surface area (Å²) >= 11 is 1.38. The third kappa shape index (κ3) is 7.54. The zero-order chi connectivity index (χ0) is 17.1. The maximum Gasteiger partial charge on any atom is 0.270 e. The largest absolute Gasteiger partial charge is 0.385 e. The number of hydrogen-bond donors (Lipinski definition) is 1. The van der Waals surface area contributed by atoms with Gasteiger partial charge >= 0.3 is 0 Å². The molecular weight excluding hydrogens is 318 g/mol. The molecule has 0 aliphatic rings. The topological polar surface area (TPSA) is 80.8 Å². The summed E-state index contributed by atoms with van der Waals surface area (Å²) in [7, 11) is 3.26. The summed E-state index contributed by atoms with van der Waals surface area (Å²) in [5.74, 6) is -0.209. The predicted octanol–water partition coefficient (Wildman–Crippen LogP) is 1.29. The first-order valence-electron chi connectivity index (χ1n) is 7.54. The van der Waals surface area contributed by atoms with Crippen LogP contribution in [-0.2, 0) is 20.8 Å². The van der Waals surface area contributed by atoms with Crippen molar-refractivity contribution in [3.05, 3.63) is 16.1 Å². The second kappa shape index (κ2) is 11.1. The molecule has 0 aromatic carbocycles. The normalized spacial score (nSPS) is 10.6. The van der Waals surface area contributed by atoms with E-state index in [1.54, 1.807) is 24.5 Å². The van der Waals surface area contributed by atoms with Gasteiger partial charge in [0.15, 0.2) is 0 Å². The van der Waals surface area contributed by atoms with Gasteiger partial charge in [0.05, 0.1) is 6.54 Å². The van der Waals surface area contributed by atoms with E-state index in [0.29, 0.717) is 38.5 Å². The highest BCUT2D eigenvalue weighted by atomic mass is 32.1. The van der Waals surface area contributed by atoms with Crippen LogP contribution >= 0.6 is 11.3 Å². The number of amides is 2. The minimum absolute atomic E-state index is 0.0122. The number of hydrogen-bond acceptors (Lipinski definition) is 6. The molecular formula is C15H25N3O4S. The molecule has 8 heteroatoms. The Hall–Kier alpha value is -1.51. The monoisotopic (exact) mass is 343 g/mol. The van der Waals surface area contributed by atoms with Crippen LogP contribution < -0.4 is 5.32 Å². The van der Waals surface area contributed by atoms with Gasteiger partial charge in [0.2, 0.25) is 5.91 Å². The fourth-order valence-electron chi connectivity index (χ4n) is 1.91. The second-order valence-corrected chi connectivity index (χ2v) is 5.96. The molecule has 0 aliphatic carbocycles. The van der Waals surface area contributed by atoms with Gasteiger partial charge in [-0.15, -0.1) is 11.3 Å². The molecule has 2 amide bonds. The molecule has 23 heavy (non-hydrogen) atoms. The molecule has 1 N–H and O–H groups in total. The minimum atomic E-state index is -0.197. The summed E-state index contributed by atoms with van der Waals surface area (Å²) in [4.78, 5) is 29.6. The van der Waals surface area contributed by atoms with E-state index in [4.69, 9.17) is 9.47 Å². The van der Waals surface area contributed by atoms with Crippen LogP contribution in [-0.4, -0.2) is 62.2 Å². The van der Waals surface area contributed by atoms with Crippen LogP contribution in [0.25, 0.3) is 0 Å². The Morgan fingerprint density at radius 3 is 2.61 bits per heavy atom. The molecule has 0 radical (unpaired) electrons. The maximum absolute atomic E-state index is 11.9. The van der Waals surface area contributed by atoms with Crippen molar-refractivity contribution in [3.8, 4) is 0 Å². The van der Waals surface area contributed by atoms with Crippen LogP contribution in [0.2, 0.25) is 0 Å². The lowest BCUT2D eigenvalue weighted by Crippen LogP contribution is -2.30. The van der Waals surface area contributed by atoms with Crippen LogP contribution in [0.1, 0.15) is 35.3 Å². The number of carbonyl (C=O) groups excluding carboxylic acids is 2. The third-order valence-corrected chi connectivity index (χ3v) is 3.98. The quantitative estimate of drug-likeness (QED) is 0.613. The van der Waals surface area contributed by atoms with Crippen molar-refractivity contribution in [2.75, 3.05) is 40.5 Å². The molecule has 1 heterocycles. The number of methoxy groups -OCH3 is 2. The molecule has 0 aliphatic heterocycles. The average Bonchev–Trinajstić information content (AvgIpc) is 2.99. The second-order valence-electron chi connectivity index (χ2n) is 5.02. The number of ether oxygens (including phenoxy) is 2. The van der Waals surface area contributed by atoms with E-state index in [9.17, 15) is 9.59 Å². The number of carbonyl (C=O) groups is 2. The number of rotatable bonds is 11. The molecule has 0 fully saturated rings. The Morgan fingerprint density at radius 1 is 1.26 bits per heavy atom. The molecule has 1 aromatic heterocycles. The summed E-state index contributed by atoms with van der Waals surface area (Å²) < 4.78 is 9.93. The van der Waals surface area contributed by atoms with Gasteiger partial charge < -0.3 is 19.7 Å². The van der Waals surface area contributed by atoms with E-state index in [1.807, 2.05) is 0 Å². The van der Waals surface area contributed by atoms with E-state index < -0.39 is 0 Å². The van der Waals surface area contributed by atoms with Gasteiger partial charge in [-0.05, 0) is 12.8 Å². The van der Waals surface area contributed by atoms with E-state index in [2.05, 4.69) is 10.3 Å². The fraction of sp³-hybridized carbons (Fsp3) is 0.667. The van der Waals surface area contributed by atoms with Crippen molar-refractivity contribution >= 4 is 23.2 Å². The Kier molecular flexibility index (Phi) is 9.42. The SMILES string of the molecule is COCCCNC(=O)c1csc(CN(CCCOC)C(C)=O)n1. The van der Waals surface area contributed by atoms with Gasteiger partial charge in [0, 0.05) is 52.8 Å².